The molecule has 1 saturated heterocycles. The second-order valence-corrected chi connectivity index (χ2v) is 13.1. The third-order valence-corrected chi connectivity index (χ3v) is 9.17. The van der Waals surface area contributed by atoms with Crippen LogP contribution in [0.15, 0.2) is 30.3 Å². The molecule has 4 heterocycles. The Labute approximate surface area is 250 Å². The molecule has 6 rings (SSSR count). The van der Waals surface area contributed by atoms with Gasteiger partial charge in [-0.3, -0.25) is 14.4 Å². The van der Waals surface area contributed by atoms with Crippen molar-refractivity contribution in [2.45, 2.75) is 71.1 Å². The lowest BCUT2D eigenvalue weighted by molar-refractivity contribution is -0.148. The molecule has 1 N–H and O–H groups in total. The van der Waals surface area contributed by atoms with E-state index in [1.54, 1.807) is 4.90 Å². The standard InChI is InChI=1S/C32H37ClN2O7/c1-32(2,3)25-8-7-19-15-20(33)16-22-27(19)35(25)30(37)24(17-26(36)34-11-9-18(10-12-34)31(38)39)42-28(22)21-5-4-6-23-29(21)41-14-13-40-23/h4-6,15-16,18,24-25,28H,7-14,17H2,1-3H3,(H,38,39)/t24-,25+,28-/m1/s1. The van der Waals surface area contributed by atoms with Crippen LogP contribution in [-0.4, -0.2) is 66.2 Å². The molecule has 2 aromatic carbocycles. The van der Waals surface area contributed by atoms with Gasteiger partial charge in [0.1, 0.15) is 25.4 Å². The van der Waals surface area contributed by atoms with E-state index in [1.165, 1.54) is 0 Å². The molecule has 0 aromatic heterocycles. The van der Waals surface area contributed by atoms with E-state index in [1.807, 2.05) is 35.2 Å². The number of ether oxygens (including phenoxy) is 3. The Hall–Kier alpha value is -3.30. The third kappa shape index (κ3) is 5.22. The van der Waals surface area contributed by atoms with E-state index in [4.69, 9.17) is 25.8 Å². The van der Waals surface area contributed by atoms with Gasteiger partial charge in [-0.2, -0.15) is 0 Å². The van der Waals surface area contributed by atoms with E-state index in [9.17, 15) is 19.5 Å². The van der Waals surface area contributed by atoms with Crippen molar-refractivity contribution in [2.24, 2.45) is 11.3 Å². The minimum Gasteiger partial charge on any atom is -0.486 e. The molecule has 0 spiro atoms. The van der Waals surface area contributed by atoms with Gasteiger partial charge in [-0.05, 0) is 54.9 Å². The molecule has 2 amide bonds. The van der Waals surface area contributed by atoms with Crippen LogP contribution in [0, 0.1) is 11.3 Å². The molecule has 4 aliphatic heterocycles. The van der Waals surface area contributed by atoms with Crippen LogP contribution in [0.5, 0.6) is 11.5 Å². The van der Waals surface area contributed by atoms with Gasteiger partial charge in [-0.15, -0.1) is 0 Å². The van der Waals surface area contributed by atoms with Crippen LogP contribution in [0.2, 0.25) is 5.02 Å². The Balaban J connectivity index is 1.44. The Kier molecular flexibility index (Phi) is 7.60. The molecule has 224 valence electrons. The number of amides is 2. The zero-order valence-electron chi connectivity index (χ0n) is 24.2. The number of hydrogen-bond donors (Lipinski definition) is 1. The summed E-state index contributed by atoms with van der Waals surface area (Å²) in [6, 6.07) is 9.29. The van der Waals surface area contributed by atoms with Gasteiger partial charge in [-0.1, -0.05) is 44.5 Å². The average molecular weight is 597 g/mol. The van der Waals surface area contributed by atoms with Crippen molar-refractivity contribution in [1.29, 1.82) is 0 Å². The zero-order valence-corrected chi connectivity index (χ0v) is 25.0. The van der Waals surface area contributed by atoms with Gasteiger partial charge < -0.3 is 29.1 Å². The molecule has 1 fully saturated rings. The normalized spacial score (nSPS) is 24.2. The average Bonchev–Trinajstić information content (AvgIpc) is 3.07. The quantitative estimate of drug-likeness (QED) is 0.529. The van der Waals surface area contributed by atoms with E-state index < -0.39 is 24.1 Å². The molecule has 3 atom stereocenters. The molecule has 0 radical (unpaired) electrons. The van der Waals surface area contributed by atoms with E-state index in [2.05, 4.69) is 20.8 Å². The number of carbonyl (C=O) groups excluding carboxylic acids is 2. The van der Waals surface area contributed by atoms with Gasteiger partial charge in [0.25, 0.3) is 5.91 Å². The first-order chi connectivity index (χ1) is 20.0. The summed E-state index contributed by atoms with van der Waals surface area (Å²) in [4.78, 5) is 43.1. The van der Waals surface area contributed by atoms with E-state index in [0.29, 0.717) is 61.2 Å². The van der Waals surface area contributed by atoms with Crippen molar-refractivity contribution in [3.63, 3.8) is 0 Å². The van der Waals surface area contributed by atoms with Gasteiger partial charge in [0.2, 0.25) is 5.91 Å². The molecular formula is C32H37ClN2O7. The summed E-state index contributed by atoms with van der Waals surface area (Å²) in [6.45, 7) is 7.87. The summed E-state index contributed by atoms with van der Waals surface area (Å²) in [5.74, 6) is -0.606. The molecular weight excluding hydrogens is 560 g/mol. The molecule has 0 unspecified atom stereocenters. The van der Waals surface area contributed by atoms with Crippen molar-refractivity contribution < 1.29 is 33.7 Å². The number of fused-ring (bicyclic) bond motifs is 1. The number of nitrogens with zero attached hydrogens (tertiary/aromatic N) is 2. The number of halogens is 1. The second-order valence-electron chi connectivity index (χ2n) is 12.7. The molecule has 9 nitrogen and oxygen atoms in total. The largest absolute Gasteiger partial charge is 0.486 e. The number of para-hydroxylation sites is 1. The Bertz CT molecular complexity index is 1410. The number of likely N-dealkylation sites (tertiary alicyclic amines) is 1. The number of hydrogen-bond acceptors (Lipinski definition) is 6. The summed E-state index contributed by atoms with van der Waals surface area (Å²) >= 11 is 6.68. The van der Waals surface area contributed by atoms with Crippen LogP contribution in [0.25, 0.3) is 0 Å². The lowest BCUT2D eigenvalue weighted by atomic mass is 9.78. The summed E-state index contributed by atoms with van der Waals surface area (Å²) in [5, 5.41) is 9.94. The maximum Gasteiger partial charge on any atom is 0.306 e. The van der Waals surface area contributed by atoms with Gasteiger partial charge in [0.05, 0.1) is 18.0 Å². The number of aliphatic carboxylic acids is 1. The number of benzene rings is 2. The lowest BCUT2D eigenvalue weighted by Crippen LogP contribution is -2.54. The van der Waals surface area contributed by atoms with Crippen LogP contribution >= 0.6 is 11.6 Å². The van der Waals surface area contributed by atoms with Crippen molar-refractivity contribution >= 4 is 35.1 Å². The maximum atomic E-state index is 14.6. The predicted octanol–water partition coefficient (Wildman–Crippen LogP) is 5.01. The molecule has 42 heavy (non-hydrogen) atoms. The van der Waals surface area contributed by atoms with Crippen molar-refractivity contribution in [3.05, 3.63) is 52.0 Å². The van der Waals surface area contributed by atoms with Crippen molar-refractivity contribution in [3.8, 4) is 11.5 Å². The van der Waals surface area contributed by atoms with Gasteiger partial charge in [0, 0.05) is 35.3 Å². The van der Waals surface area contributed by atoms with Crippen molar-refractivity contribution in [1.82, 2.24) is 4.90 Å². The smallest absolute Gasteiger partial charge is 0.306 e. The molecule has 0 bridgehead atoms. The van der Waals surface area contributed by atoms with Crippen LogP contribution < -0.4 is 14.4 Å². The van der Waals surface area contributed by atoms with Crippen molar-refractivity contribution in [2.75, 3.05) is 31.2 Å². The zero-order chi connectivity index (χ0) is 29.8. The van der Waals surface area contributed by atoms with Crippen LogP contribution in [0.1, 0.15) is 69.2 Å². The Morgan fingerprint density at radius 3 is 2.50 bits per heavy atom. The Morgan fingerprint density at radius 2 is 1.79 bits per heavy atom. The SMILES string of the molecule is CC(C)(C)[C@@H]1CCc2cc(Cl)cc3c2N1C(=O)[C@@H](CC(=O)N1CCC(C(=O)O)CC1)O[C@@H]3c1cccc2c1OCCO2. The first-order valence-corrected chi connectivity index (χ1v) is 15.1. The molecule has 2 aromatic rings. The van der Waals surface area contributed by atoms with E-state index in [-0.39, 0.29) is 29.7 Å². The van der Waals surface area contributed by atoms with Crippen LogP contribution in [-0.2, 0) is 25.5 Å². The third-order valence-electron chi connectivity index (χ3n) is 8.95. The van der Waals surface area contributed by atoms with Gasteiger partial charge >= 0.3 is 5.97 Å². The fraction of sp³-hybridized carbons (Fsp3) is 0.531. The topological polar surface area (TPSA) is 106 Å². The number of carboxylic acid groups (broad SMARTS) is 1. The second kappa shape index (κ2) is 11.1. The first-order valence-electron chi connectivity index (χ1n) is 14.7. The highest BCUT2D eigenvalue weighted by Gasteiger charge is 2.47. The van der Waals surface area contributed by atoms with Gasteiger partial charge in [-0.25, -0.2) is 0 Å². The number of rotatable bonds is 4. The monoisotopic (exact) mass is 596 g/mol. The molecule has 0 saturated carbocycles. The predicted molar refractivity (Wildman–Crippen MR) is 156 cm³/mol. The highest BCUT2D eigenvalue weighted by molar-refractivity contribution is 6.31. The maximum absolute atomic E-state index is 14.6. The minimum absolute atomic E-state index is 0.118. The fourth-order valence-electron chi connectivity index (χ4n) is 6.82. The number of anilines is 1. The summed E-state index contributed by atoms with van der Waals surface area (Å²) in [6.07, 6.45) is 0.345. The van der Waals surface area contributed by atoms with Crippen LogP contribution in [0.3, 0.4) is 0 Å². The summed E-state index contributed by atoms with van der Waals surface area (Å²) in [7, 11) is 0. The van der Waals surface area contributed by atoms with Gasteiger partial charge in [0.15, 0.2) is 11.5 Å². The molecule has 0 aliphatic carbocycles. The fourth-order valence-corrected chi connectivity index (χ4v) is 7.07. The number of piperidine rings is 1. The Morgan fingerprint density at radius 1 is 1.05 bits per heavy atom. The lowest BCUT2D eigenvalue weighted by Gasteiger charge is -2.45. The highest BCUT2D eigenvalue weighted by Crippen LogP contribution is 2.50. The number of aryl methyl sites for hydroxylation is 1. The van der Waals surface area contributed by atoms with Crippen LogP contribution in [0.4, 0.5) is 5.69 Å². The molecule has 4 aliphatic rings. The van der Waals surface area contributed by atoms with E-state index in [0.717, 1.165) is 29.7 Å². The number of carboxylic acids is 1. The summed E-state index contributed by atoms with van der Waals surface area (Å²) < 4.78 is 18.7. The number of carbonyl (C=O) groups is 3. The van der Waals surface area contributed by atoms with E-state index >= 15 is 0 Å². The summed E-state index contributed by atoms with van der Waals surface area (Å²) in [5.41, 5.74) is 3.01. The first kappa shape index (κ1) is 28.8. The molecule has 10 heteroatoms. The minimum atomic E-state index is -1.07. The highest BCUT2D eigenvalue weighted by atomic mass is 35.5.